The van der Waals surface area contributed by atoms with Gasteiger partial charge in [0, 0.05) is 11.8 Å². The van der Waals surface area contributed by atoms with Crippen LogP contribution in [0, 0.1) is 13.8 Å². The molecule has 0 aliphatic carbocycles. The first-order chi connectivity index (χ1) is 5.40. The highest BCUT2D eigenvalue weighted by Crippen LogP contribution is 2.17. The van der Waals surface area contributed by atoms with Crippen molar-refractivity contribution in [2.75, 3.05) is 6.26 Å². The molecule has 4 heteroatoms. The first-order valence-electron chi connectivity index (χ1n) is 3.61. The van der Waals surface area contributed by atoms with Crippen molar-refractivity contribution in [2.24, 2.45) is 0 Å². The third-order valence-corrected chi connectivity index (χ3v) is 2.53. The van der Waals surface area contributed by atoms with Gasteiger partial charge in [-0.1, -0.05) is 0 Å². The van der Waals surface area contributed by atoms with Crippen molar-refractivity contribution < 1.29 is 12.8 Å². The molecule has 0 aromatic carbocycles. The first kappa shape index (κ1) is 9.32. The maximum atomic E-state index is 11.0. The molecule has 0 saturated carbocycles. The van der Waals surface area contributed by atoms with Crippen molar-refractivity contribution in [1.29, 1.82) is 0 Å². The predicted molar refractivity (Wildman–Crippen MR) is 46.7 cm³/mol. The number of rotatable bonds is 2. The lowest BCUT2D eigenvalue weighted by Crippen LogP contribution is -2.01. The Labute approximate surface area is 72.3 Å². The van der Waals surface area contributed by atoms with Gasteiger partial charge in [-0.25, -0.2) is 8.42 Å². The van der Waals surface area contributed by atoms with Crippen LogP contribution in [0.4, 0.5) is 0 Å². The molecule has 0 spiro atoms. The molecule has 1 heterocycles. The molecule has 0 fully saturated rings. The molecule has 0 N–H and O–H groups in total. The van der Waals surface area contributed by atoms with Crippen LogP contribution in [0.1, 0.15) is 16.9 Å². The Balaban J connectivity index is 3.04. The lowest BCUT2D eigenvalue weighted by atomic mass is 10.2. The van der Waals surface area contributed by atoms with Crippen LogP contribution in [-0.2, 0) is 15.6 Å². The van der Waals surface area contributed by atoms with Crippen molar-refractivity contribution in [2.45, 2.75) is 19.6 Å². The summed E-state index contributed by atoms with van der Waals surface area (Å²) in [5, 5.41) is 0. The van der Waals surface area contributed by atoms with Crippen molar-refractivity contribution in [3.63, 3.8) is 0 Å². The van der Waals surface area contributed by atoms with Crippen LogP contribution in [0.5, 0.6) is 0 Å². The number of aryl methyl sites for hydroxylation is 2. The van der Waals surface area contributed by atoms with Gasteiger partial charge in [0.05, 0.1) is 12.0 Å². The standard InChI is InChI=1S/C8H12O3S/c1-6-4-11-7(2)8(6)5-12(3,9)10/h4H,5H2,1-3H3. The van der Waals surface area contributed by atoms with Crippen LogP contribution >= 0.6 is 0 Å². The van der Waals surface area contributed by atoms with Crippen LogP contribution in [0.3, 0.4) is 0 Å². The minimum Gasteiger partial charge on any atom is -0.469 e. The number of hydrogen-bond donors (Lipinski definition) is 0. The molecule has 0 unspecified atom stereocenters. The summed E-state index contributed by atoms with van der Waals surface area (Å²) in [5.74, 6) is 0.763. The second kappa shape index (κ2) is 2.94. The largest absolute Gasteiger partial charge is 0.469 e. The second-order valence-electron chi connectivity index (χ2n) is 3.02. The summed E-state index contributed by atoms with van der Waals surface area (Å²) in [7, 11) is -2.95. The third-order valence-electron chi connectivity index (χ3n) is 1.72. The SMILES string of the molecule is Cc1coc(C)c1CS(C)(=O)=O. The molecule has 0 radical (unpaired) electrons. The second-order valence-corrected chi connectivity index (χ2v) is 5.16. The summed E-state index contributed by atoms with van der Waals surface area (Å²) in [5.41, 5.74) is 1.69. The summed E-state index contributed by atoms with van der Waals surface area (Å²) < 4.78 is 27.0. The zero-order valence-electron chi connectivity index (χ0n) is 7.42. The van der Waals surface area contributed by atoms with Gasteiger partial charge in [-0.2, -0.15) is 0 Å². The summed E-state index contributed by atoms with van der Waals surface area (Å²) in [6.07, 6.45) is 2.80. The van der Waals surface area contributed by atoms with E-state index < -0.39 is 9.84 Å². The zero-order chi connectivity index (χ0) is 9.35. The Morgan fingerprint density at radius 1 is 1.42 bits per heavy atom. The zero-order valence-corrected chi connectivity index (χ0v) is 8.23. The van der Waals surface area contributed by atoms with Gasteiger partial charge in [0.2, 0.25) is 0 Å². The molecular weight excluding hydrogens is 176 g/mol. The van der Waals surface area contributed by atoms with Gasteiger partial charge in [-0.15, -0.1) is 0 Å². The molecule has 12 heavy (non-hydrogen) atoms. The van der Waals surface area contributed by atoms with Gasteiger partial charge in [0.25, 0.3) is 0 Å². The fourth-order valence-electron chi connectivity index (χ4n) is 1.07. The van der Waals surface area contributed by atoms with Gasteiger partial charge in [0.1, 0.15) is 5.76 Å². The van der Waals surface area contributed by atoms with Crippen LogP contribution in [0.15, 0.2) is 10.7 Å². The molecule has 1 aromatic rings. The molecule has 3 nitrogen and oxygen atoms in total. The summed E-state index contributed by atoms with van der Waals surface area (Å²) in [6, 6.07) is 0. The fraction of sp³-hybridized carbons (Fsp3) is 0.500. The minimum absolute atomic E-state index is 0.0706. The maximum Gasteiger partial charge on any atom is 0.151 e. The summed E-state index contributed by atoms with van der Waals surface area (Å²) in [6.45, 7) is 3.62. The highest BCUT2D eigenvalue weighted by atomic mass is 32.2. The molecular formula is C8H12O3S. The average Bonchev–Trinajstić information content (AvgIpc) is 2.16. The number of furan rings is 1. The van der Waals surface area contributed by atoms with Crippen molar-refractivity contribution in [3.8, 4) is 0 Å². The van der Waals surface area contributed by atoms with Crippen molar-refractivity contribution >= 4 is 9.84 Å². The topological polar surface area (TPSA) is 47.3 Å². The molecule has 0 aliphatic heterocycles. The summed E-state index contributed by atoms with van der Waals surface area (Å²) in [4.78, 5) is 0. The molecule has 0 aliphatic rings. The van der Waals surface area contributed by atoms with Gasteiger partial charge >= 0.3 is 0 Å². The Bertz CT molecular complexity index is 354. The molecule has 1 aromatic heterocycles. The van der Waals surface area contributed by atoms with Crippen LogP contribution in [0.2, 0.25) is 0 Å². The van der Waals surface area contributed by atoms with Crippen molar-refractivity contribution in [1.82, 2.24) is 0 Å². The van der Waals surface area contributed by atoms with E-state index in [1.165, 1.54) is 6.26 Å². The van der Waals surface area contributed by atoms with Gasteiger partial charge < -0.3 is 4.42 Å². The quantitative estimate of drug-likeness (QED) is 0.705. The lowest BCUT2D eigenvalue weighted by molar-refractivity contribution is 0.529. The number of hydrogen-bond acceptors (Lipinski definition) is 3. The average molecular weight is 188 g/mol. The number of sulfone groups is 1. The highest BCUT2D eigenvalue weighted by molar-refractivity contribution is 7.89. The van der Waals surface area contributed by atoms with Crippen LogP contribution in [0.25, 0.3) is 0 Å². The Morgan fingerprint density at radius 3 is 2.33 bits per heavy atom. The smallest absolute Gasteiger partial charge is 0.151 e. The van der Waals surface area contributed by atoms with Gasteiger partial charge in [0.15, 0.2) is 9.84 Å². The van der Waals surface area contributed by atoms with E-state index in [1.807, 2.05) is 6.92 Å². The van der Waals surface area contributed by atoms with E-state index in [-0.39, 0.29) is 5.75 Å². The van der Waals surface area contributed by atoms with E-state index in [4.69, 9.17) is 4.42 Å². The van der Waals surface area contributed by atoms with Gasteiger partial charge in [-0.3, -0.25) is 0 Å². The molecule has 0 bridgehead atoms. The van der Waals surface area contributed by atoms with Gasteiger partial charge in [-0.05, 0) is 19.4 Å². The summed E-state index contributed by atoms with van der Waals surface area (Å²) >= 11 is 0. The van der Waals surface area contributed by atoms with E-state index in [1.54, 1.807) is 13.2 Å². The minimum atomic E-state index is -2.95. The van der Waals surface area contributed by atoms with E-state index in [0.717, 1.165) is 11.1 Å². The van der Waals surface area contributed by atoms with Crippen LogP contribution < -0.4 is 0 Å². The molecule has 0 atom stereocenters. The van der Waals surface area contributed by atoms with E-state index in [2.05, 4.69) is 0 Å². The van der Waals surface area contributed by atoms with E-state index in [9.17, 15) is 8.42 Å². The molecule has 1 rings (SSSR count). The van der Waals surface area contributed by atoms with E-state index >= 15 is 0 Å². The lowest BCUT2D eigenvalue weighted by Gasteiger charge is -1.97. The third kappa shape index (κ3) is 2.11. The monoisotopic (exact) mass is 188 g/mol. The fourth-order valence-corrected chi connectivity index (χ4v) is 2.03. The normalized spacial score (nSPS) is 11.9. The predicted octanol–water partition coefficient (Wildman–Crippen LogP) is 1.44. The van der Waals surface area contributed by atoms with Crippen molar-refractivity contribution in [3.05, 3.63) is 23.2 Å². The molecule has 68 valence electrons. The highest BCUT2D eigenvalue weighted by Gasteiger charge is 2.12. The Hall–Kier alpha value is -0.770. The maximum absolute atomic E-state index is 11.0. The Kier molecular flexibility index (Phi) is 2.28. The van der Waals surface area contributed by atoms with E-state index in [0.29, 0.717) is 5.76 Å². The van der Waals surface area contributed by atoms with Crippen LogP contribution in [-0.4, -0.2) is 14.7 Å². The Morgan fingerprint density at radius 2 is 2.00 bits per heavy atom. The molecule has 0 saturated heterocycles. The first-order valence-corrected chi connectivity index (χ1v) is 5.67. The molecule has 0 amide bonds.